The number of nitrogens with zero attached hydrogens (tertiary/aromatic N) is 3. The van der Waals surface area contributed by atoms with Crippen LogP contribution in [0.1, 0.15) is 64.4 Å². The highest BCUT2D eigenvalue weighted by Crippen LogP contribution is 2.26. The van der Waals surface area contributed by atoms with Crippen molar-refractivity contribution in [1.82, 2.24) is 15.1 Å². The van der Waals surface area contributed by atoms with E-state index in [1.165, 1.54) is 18.5 Å². The van der Waals surface area contributed by atoms with Crippen LogP contribution in [0.2, 0.25) is 0 Å². The standard InChI is InChI=1S/C33H40N4O4/c1-25(3-12-33(41)34-24-40)35(2)21-30-9-6-26(17-31(30)23-39)4-5-29-19-36(20-29)18-27-13-15-37(16-14-27)32-10-7-28(22-38)8-11-32/h6-11,17,22-25,27,29H,3,12-16,18-21H2,1-2H3,(H,34,40,41). The van der Waals surface area contributed by atoms with Gasteiger partial charge < -0.3 is 9.80 Å². The number of likely N-dealkylation sites (tertiary alicyclic amines) is 1. The number of imide groups is 1. The highest BCUT2D eigenvalue weighted by molar-refractivity contribution is 5.85. The zero-order valence-corrected chi connectivity index (χ0v) is 24.1. The molecule has 2 heterocycles. The number of benzene rings is 2. The minimum atomic E-state index is -0.285. The van der Waals surface area contributed by atoms with Crippen molar-refractivity contribution in [1.29, 1.82) is 0 Å². The predicted octanol–water partition coefficient (Wildman–Crippen LogP) is 3.38. The Labute approximate surface area is 243 Å². The van der Waals surface area contributed by atoms with Crippen molar-refractivity contribution in [3.05, 3.63) is 64.7 Å². The maximum atomic E-state index is 11.8. The Bertz CT molecular complexity index is 1270. The third kappa shape index (κ3) is 8.59. The Kier molecular flexibility index (Phi) is 10.8. The number of aldehydes is 2. The third-order valence-electron chi connectivity index (χ3n) is 8.36. The lowest BCUT2D eigenvalue weighted by Crippen LogP contribution is -2.49. The van der Waals surface area contributed by atoms with E-state index in [4.69, 9.17) is 0 Å². The largest absolute Gasteiger partial charge is 0.372 e. The first kappa shape index (κ1) is 30.2. The van der Waals surface area contributed by atoms with E-state index in [1.54, 1.807) is 0 Å². The average Bonchev–Trinajstić information content (AvgIpc) is 2.98. The van der Waals surface area contributed by atoms with Gasteiger partial charge in [-0.05, 0) is 81.1 Å². The summed E-state index contributed by atoms with van der Waals surface area (Å²) in [5.74, 6) is 7.44. The van der Waals surface area contributed by atoms with E-state index in [-0.39, 0.29) is 18.4 Å². The number of hydrogen-bond donors (Lipinski definition) is 1. The summed E-state index contributed by atoms with van der Waals surface area (Å²) in [6.45, 7) is 7.80. The van der Waals surface area contributed by atoms with Gasteiger partial charge >= 0.3 is 0 Å². The number of hydrogen-bond acceptors (Lipinski definition) is 7. The number of anilines is 1. The molecule has 0 bridgehead atoms. The molecule has 1 N–H and O–H groups in total. The van der Waals surface area contributed by atoms with Gasteiger partial charge in [0, 0.05) is 80.0 Å². The summed E-state index contributed by atoms with van der Waals surface area (Å²) < 4.78 is 0. The molecule has 8 nitrogen and oxygen atoms in total. The lowest BCUT2D eigenvalue weighted by molar-refractivity contribution is -0.125. The number of rotatable bonds is 12. The van der Waals surface area contributed by atoms with Gasteiger partial charge in [-0.3, -0.25) is 29.4 Å². The van der Waals surface area contributed by atoms with E-state index in [0.29, 0.717) is 42.3 Å². The van der Waals surface area contributed by atoms with Gasteiger partial charge in [0.05, 0.1) is 0 Å². The molecule has 1 atom stereocenters. The van der Waals surface area contributed by atoms with Crippen LogP contribution in [0.5, 0.6) is 0 Å². The van der Waals surface area contributed by atoms with Crippen LogP contribution >= 0.6 is 0 Å². The monoisotopic (exact) mass is 556 g/mol. The summed E-state index contributed by atoms with van der Waals surface area (Å²) in [5.41, 5.74) is 4.32. The summed E-state index contributed by atoms with van der Waals surface area (Å²) in [5, 5.41) is 2.16. The summed E-state index contributed by atoms with van der Waals surface area (Å²) in [4.78, 5) is 51.6. The number of amides is 2. The smallest absolute Gasteiger partial charge is 0.226 e. The van der Waals surface area contributed by atoms with Crippen molar-refractivity contribution in [2.24, 2.45) is 11.8 Å². The van der Waals surface area contributed by atoms with Gasteiger partial charge in [-0.15, -0.1) is 0 Å². The first-order valence-electron chi connectivity index (χ1n) is 14.4. The molecule has 4 rings (SSSR count). The molecule has 2 saturated heterocycles. The Hall–Kier alpha value is -3.80. The SMILES string of the molecule is CC(CCC(=O)NC=O)N(C)Cc1ccc(C#CC2CN(CC3CCN(c4ccc(C=O)cc4)CC3)C2)cc1C=O. The predicted molar refractivity (Wildman–Crippen MR) is 160 cm³/mol. The van der Waals surface area contributed by atoms with Gasteiger partial charge in [-0.2, -0.15) is 0 Å². The van der Waals surface area contributed by atoms with Crippen LogP contribution in [-0.2, 0) is 16.1 Å². The van der Waals surface area contributed by atoms with Crippen LogP contribution < -0.4 is 10.2 Å². The second-order valence-electron chi connectivity index (χ2n) is 11.3. The first-order chi connectivity index (χ1) is 19.9. The van der Waals surface area contributed by atoms with Gasteiger partial charge in [-0.25, -0.2) is 0 Å². The average molecular weight is 557 g/mol. The number of piperidine rings is 1. The molecule has 2 aromatic carbocycles. The Balaban J connectivity index is 1.20. The minimum absolute atomic E-state index is 0.113. The maximum Gasteiger partial charge on any atom is 0.226 e. The molecule has 0 radical (unpaired) electrons. The van der Waals surface area contributed by atoms with Gasteiger partial charge in [0.15, 0.2) is 0 Å². The van der Waals surface area contributed by atoms with Crippen molar-refractivity contribution in [3.63, 3.8) is 0 Å². The molecule has 0 aromatic heterocycles. The van der Waals surface area contributed by atoms with Gasteiger partial charge in [0.2, 0.25) is 12.3 Å². The first-order valence-corrected chi connectivity index (χ1v) is 14.4. The second-order valence-corrected chi connectivity index (χ2v) is 11.3. The molecule has 2 amide bonds. The third-order valence-corrected chi connectivity index (χ3v) is 8.36. The summed E-state index contributed by atoms with van der Waals surface area (Å²) in [6, 6.07) is 13.8. The van der Waals surface area contributed by atoms with Crippen LogP contribution in [0.25, 0.3) is 0 Å². The molecule has 8 heteroatoms. The lowest BCUT2D eigenvalue weighted by Gasteiger charge is -2.41. The van der Waals surface area contributed by atoms with Crippen molar-refractivity contribution in [2.75, 3.05) is 44.7 Å². The van der Waals surface area contributed by atoms with Crippen LogP contribution in [0.4, 0.5) is 5.69 Å². The topological polar surface area (TPSA) is 90.0 Å². The zero-order valence-electron chi connectivity index (χ0n) is 24.1. The zero-order chi connectivity index (χ0) is 29.2. The van der Waals surface area contributed by atoms with E-state index in [1.807, 2.05) is 56.4 Å². The van der Waals surface area contributed by atoms with Crippen molar-refractivity contribution in [3.8, 4) is 11.8 Å². The molecular weight excluding hydrogens is 516 g/mol. The fraction of sp³-hybridized carbons (Fsp3) is 0.455. The molecule has 216 valence electrons. The molecule has 2 aromatic rings. The van der Waals surface area contributed by atoms with E-state index >= 15 is 0 Å². The molecule has 0 saturated carbocycles. The second kappa shape index (κ2) is 14.7. The molecular formula is C33H40N4O4. The fourth-order valence-electron chi connectivity index (χ4n) is 5.55. The molecule has 2 aliphatic heterocycles. The van der Waals surface area contributed by atoms with Gasteiger partial charge in [0.1, 0.15) is 12.6 Å². The van der Waals surface area contributed by atoms with E-state index in [2.05, 4.69) is 31.9 Å². The van der Waals surface area contributed by atoms with E-state index < -0.39 is 0 Å². The number of carbonyl (C=O) groups is 4. The van der Waals surface area contributed by atoms with E-state index in [0.717, 1.165) is 56.4 Å². The van der Waals surface area contributed by atoms with Gasteiger partial charge in [0.25, 0.3) is 0 Å². The summed E-state index contributed by atoms with van der Waals surface area (Å²) in [6.07, 6.45) is 5.41. The number of carbonyl (C=O) groups excluding carboxylic acids is 4. The summed E-state index contributed by atoms with van der Waals surface area (Å²) in [7, 11) is 1.96. The highest BCUT2D eigenvalue weighted by atomic mass is 16.2. The van der Waals surface area contributed by atoms with Crippen molar-refractivity contribution < 1.29 is 19.2 Å². The minimum Gasteiger partial charge on any atom is -0.372 e. The van der Waals surface area contributed by atoms with Crippen LogP contribution in [0, 0.1) is 23.7 Å². The number of nitrogens with one attached hydrogen (secondary N) is 1. The maximum absolute atomic E-state index is 11.8. The molecule has 41 heavy (non-hydrogen) atoms. The Morgan fingerprint density at radius 2 is 1.80 bits per heavy atom. The molecule has 1 unspecified atom stereocenters. The molecule has 2 aliphatic rings. The van der Waals surface area contributed by atoms with Crippen molar-refractivity contribution in [2.45, 2.75) is 45.2 Å². The quantitative estimate of drug-likeness (QED) is 0.317. The summed E-state index contributed by atoms with van der Waals surface area (Å²) >= 11 is 0. The van der Waals surface area contributed by atoms with Gasteiger partial charge in [-0.1, -0.05) is 17.9 Å². The normalized spacial score (nSPS) is 16.8. The van der Waals surface area contributed by atoms with Crippen LogP contribution in [0.3, 0.4) is 0 Å². The molecule has 0 aliphatic carbocycles. The highest BCUT2D eigenvalue weighted by Gasteiger charge is 2.29. The molecule has 2 fully saturated rings. The Morgan fingerprint density at radius 1 is 1.07 bits per heavy atom. The fourth-order valence-corrected chi connectivity index (χ4v) is 5.55. The van der Waals surface area contributed by atoms with Crippen LogP contribution in [-0.4, -0.2) is 80.5 Å². The van der Waals surface area contributed by atoms with Crippen molar-refractivity contribution >= 4 is 30.6 Å². The van der Waals surface area contributed by atoms with Crippen LogP contribution in [0.15, 0.2) is 42.5 Å². The molecule has 0 spiro atoms. The lowest BCUT2D eigenvalue weighted by atomic mass is 9.92. The Morgan fingerprint density at radius 3 is 2.46 bits per heavy atom. The van der Waals surface area contributed by atoms with E-state index in [9.17, 15) is 19.2 Å².